The summed E-state index contributed by atoms with van der Waals surface area (Å²) in [5.74, 6) is 0. The van der Waals surface area contributed by atoms with Gasteiger partial charge in [0.25, 0.3) is 0 Å². The lowest BCUT2D eigenvalue weighted by Gasteiger charge is -2.29. The maximum atomic E-state index is 4.08. The Morgan fingerprint density at radius 2 is 2.00 bits per heavy atom. The van der Waals surface area contributed by atoms with Gasteiger partial charge in [0.1, 0.15) is 6.33 Å². The van der Waals surface area contributed by atoms with Crippen molar-refractivity contribution in [2.75, 3.05) is 6.54 Å². The number of hydrogen-bond donors (Lipinski definition) is 1. The molecule has 0 saturated carbocycles. The molecule has 1 aromatic heterocycles. The van der Waals surface area contributed by atoms with Gasteiger partial charge in [0.2, 0.25) is 0 Å². The van der Waals surface area contributed by atoms with E-state index in [2.05, 4.69) is 22.2 Å². The summed E-state index contributed by atoms with van der Waals surface area (Å²) in [5.41, 5.74) is 1.29. The third-order valence-corrected chi connectivity index (χ3v) is 3.07. The molecule has 1 aliphatic rings. The van der Waals surface area contributed by atoms with E-state index in [-0.39, 0.29) is 5.54 Å². The molecule has 1 unspecified atom stereocenters. The molecule has 1 N–H and O–H groups in total. The van der Waals surface area contributed by atoms with Gasteiger partial charge >= 0.3 is 0 Å². The summed E-state index contributed by atoms with van der Waals surface area (Å²) in [6.45, 7) is 3.35. The smallest absolute Gasteiger partial charge is 0.115 e. The van der Waals surface area contributed by atoms with Crippen LogP contribution in [-0.4, -0.2) is 16.5 Å². The maximum Gasteiger partial charge on any atom is 0.115 e. The van der Waals surface area contributed by atoms with Crippen LogP contribution in [0.3, 0.4) is 0 Å². The number of nitrogens with zero attached hydrogens (tertiary/aromatic N) is 2. The van der Waals surface area contributed by atoms with E-state index < -0.39 is 0 Å². The van der Waals surface area contributed by atoms with Gasteiger partial charge < -0.3 is 5.32 Å². The first kappa shape index (κ1) is 9.59. The molecule has 0 radical (unpaired) electrons. The predicted molar refractivity (Wildman–Crippen MR) is 55.9 cm³/mol. The first-order valence-corrected chi connectivity index (χ1v) is 5.32. The van der Waals surface area contributed by atoms with Gasteiger partial charge in [-0.3, -0.25) is 0 Å². The molecule has 0 bridgehead atoms. The molecule has 1 aromatic rings. The number of nitrogens with one attached hydrogen (secondary N) is 1. The van der Waals surface area contributed by atoms with Crippen molar-refractivity contribution in [2.24, 2.45) is 0 Å². The number of rotatable bonds is 1. The van der Waals surface area contributed by atoms with E-state index in [0.717, 1.165) is 6.54 Å². The highest BCUT2D eigenvalue weighted by Gasteiger charge is 2.27. The fourth-order valence-corrected chi connectivity index (χ4v) is 2.06. The summed E-state index contributed by atoms with van der Waals surface area (Å²) in [6.07, 6.45) is 10.5. The van der Waals surface area contributed by atoms with Crippen LogP contribution in [0.1, 0.15) is 38.2 Å². The van der Waals surface area contributed by atoms with Gasteiger partial charge in [-0.05, 0) is 26.3 Å². The van der Waals surface area contributed by atoms with Crippen molar-refractivity contribution in [3.05, 3.63) is 24.3 Å². The number of aromatic nitrogens is 2. The molecule has 1 saturated heterocycles. The van der Waals surface area contributed by atoms with E-state index in [4.69, 9.17) is 0 Å². The highest BCUT2D eigenvalue weighted by molar-refractivity contribution is 5.16. The van der Waals surface area contributed by atoms with E-state index in [1.807, 2.05) is 12.4 Å². The minimum absolute atomic E-state index is 0.0811. The van der Waals surface area contributed by atoms with Crippen molar-refractivity contribution >= 4 is 0 Å². The van der Waals surface area contributed by atoms with Gasteiger partial charge in [0.15, 0.2) is 0 Å². The Bertz CT molecular complexity index is 276. The lowest BCUT2D eigenvalue weighted by Crippen LogP contribution is -2.38. The molecule has 2 rings (SSSR count). The third-order valence-electron chi connectivity index (χ3n) is 3.07. The first-order chi connectivity index (χ1) is 6.81. The summed E-state index contributed by atoms with van der Waals surface area (Å²) in [5, 5.41) is 3.59. The topological polar surface area (TPSA) is 37.8 Å². The van der Waals surface area contributed by atoms with Crippen LogP contribution in [-0.2, 0) is 5.54 Å². The lowest BCUT2D eigenvalue weighted by molar-refractivity contribution is 0.357. The van der Waals surface area contributed by atoms with Crippen molar-refractivity contribution in [3.8, 4) is 0 Å². The second-order valence-corrected chi connectivity index (χ2v) is 4.20. The van der Waals surface area contributed by atoms with E-state index in [9.17, 15) is 0 Å². The van der Waals surface area contributed by atoms with Gasteiger partial charge in [-0.15, -0.1) is 0 Å². The van der Waals surface area contributed by atoms with E-state index >= 15 is 0 Å². The molecule has 3 nitrogen and oxygen atoms in total. The normalized spacial score (nSPS) is 28.4. The fourth-order valence-electron chi connectivity index (χ4n) is 2.06. The highest BCUT2D eigenvalue weighted by Crippen LogP contribution is 2.27. The molecular formula is C11H17N3. The Balaban J connectivity index is 2.21. The minimum Gasteiger partial charge on any atom is -0.308 e. The molecule has 0 amide bonds. The molecule has 14 heavy (non-hydrogen) atoms. The maximum absolute atomic E-state index is 4.08. The summed E-state index contributed by atoms with van der Waals surface area (Å²) in [6, 6.07) is 0. The van der Waals surface area contributed by atoms with Crippen LogP contribution < -0.4 is 5.32 Å². The Morgan fingerprint density at radius 3 is 2.79 bits per heavy atom. The largest absolute Gasteiger partial charge is 0.308 e. The summed E-state index contributed by atoms with van der Waals surface area (Å²) < 4.78 is 0. The SMILES string of the molecule is CC1(c2cncnc2)CCCCCN1. The van der Waals surface area contributed by atoms with Gasteiger partial charge in [0.05, 0.1) is 0 Å². The van der Waals surface area contributed by atoms with Crippen LogP contribution in [0, 0.1) is 0 Å². The van der Waals surface area contributed by atoms with Gasteiger partial charge in [-0.1, -0.05) is 12.8 Å². The van der Waals surface area contributed by atoms with Crippen molar-refractivity contribution in [1.29, 1.82) is 0 Å². The van der Waals surface area contributed by atoms with Crippen LogP contribution in [0.5, 0.6) is 0 Å². The zero-order chi connectivity index (χ0) is 9.86. The molecular weight excluding hydrogens is 174 g/mol. The molecule has 1 aliphatic heterocycles. The molecule has 0 aromatic carbocycles. The van der Waals surface area contributed by atoms with Gasteiger partial charge in [-0.25, -0.2) is 9.97 Å². The molecule has 76 valence electrons. The second kappa shape index (κ2) is 4.05. The molecule has 1 fully saturated rings. The van der Waals surface area contributed by atoms with E-state index in [0.29, 0.717) is 0 Å². The molecule has 3 heteroatoms. The average molecular weight is 191 g/mol. The minimum atomic E-state index is 0.0811. The summed E-state index contributed by atoms with van der Waals surface area (Å²) >= 11 is 0. The van der Waals surface area contributed by atoms with E-state index in [1.54, 1.807) is 6.33 Å². The lowest BCUT2D eigenvalue weighted by atomic mass is 9.90. The van der Waals surface area contributed by atoms with Crippen molar-refractivity contribution in [1.82, 2.24) is 15.3 Å². The summed E-state index contributed by atoms with van der Waals surface area (Å²) in [4.78, 5) is 8.17. The van der Waals surface area contributed by atoms with Gasteiger partial charge in [0, 0.05) is 23.5 Å². The Kier molecular flexibility index (Phi) is 2.77. The summed E-state index contributed by atoms with van der Waals surface area (Å²) in [7, 11) is 0. The second-order valence-electron chi connectivity index (χ2n) is 4.20. The van der Waals surface area contributed by atoms with E-state index in [1.165, 1.54) is 31.2 Å². The standard InChI is InChI=1S/C11H17N3/c1-11(5-3-2-4-6-14-11)10-7-12-9-13-8-10/h7-9,14H,2-6H2,1H3. The molecule has 1 atom stereocenters. The van der Waals surface area contributed by atoms with Gasteiger partial charge in [-0.2, -0.15) is 0 Å². The van der Waals surface area contributed by atoms with Crippen LogP contribution in [0.25, 0.3) is 0 Å². The van der Waals surface area contributed by atoms with Crippen LogP contribution in [0.4, 0.5) is 0 Å². The zero-order valence-corrected chi connectivity index (χ0v) is 8.66. The van der Waals surface area contributed by atoms with Crippen molar-refractivity contribution in [3.63, 3.8) is 0 Å². The van der Waals surface area contributed by atoms with Crippen molar-refractivity contribution in [2.45, 2.75) is 38.1 Å². The zero-order valence-electron chi connectivity index (χ0n) is 8.66. The monoisotopic (exact) mass is 191 g/mol. The third kappa shape index (κ3) is 1.93. The molecule has 2 heterocycles. The average Bonchev–Trinajstić information content (AvgIpc) is 2.46. The number of hydrogen-bond acceptors (Lipinski definition) is 3. The first-order valence-electron chi connectivity index (χ1n) is 5.32. The Morgan fingerprint density at radius 1 is 1.21 bits per heavy atom. The molecule has 0 spiro atoms. The van der Waals surface area contributed by atoms with Crippen molar-refractivity contribution < 1.29 is 0 Å². The Hall–Kier alpha value is -0.960. The molecule has 0 aliphatic carbocycles. The van der Waals surface area contributed by atoms with Crippen LogP contribution >= 0.6 is 0 Å². The van der Waals surface area contributed by atoms with Crippen LogP contribution in [0.15, 0.2) is 18.7 Å². The fraction of sp³-hybridized carbons (Fsp3) is 0.636. The predicted octanol–water partition coefficient (Wildman–Crippen LogP) is 1.86. The van der Waals surface area contributed by atoms with Crippen LogP contribution in [0.2, 0.25) is 0 Å². The quantitative estimate of drug-likeness (QED) is 0.736. The Labute approximate surface area is 85.0 Å². The highest BCUT2D eigenvalue weighted by atomic mass is 15.0.